The molecule has 2 aromatic carbocycles. The minimum absolute atomic E-state index is 0. The zero-order chi connectivity index (χ0) is 16.9. The summed E-state index contributed by atoms with van der Waals surface area (Å²) in [5.41, 5.74) is -0.146. The lowest BCUT2D eigenvalue weighted by molar-refractivity contribution is 0.101. The Hall–Kier alpha value is -1.89. The zero-order valence-electron chi connectivity index (χ0n) is 13.8. The van der Waals surface area contributed by atoms with Gasteiger partial charge >= 0.3 is 0 Å². The SMILES string of the molecule is Cl.Cl.O=C(Nc1ccc(OC2CCNCC2)cc1)c1c(F)cccc1F. The monoisotopic (exact) mass is 404 g/mol. The molecule has 142 valence electrons. The maximum atomic E-state index is 13.6. The van der Waals surface area contributed by atoms with Crippen LogP contribution < -0.4 is 15.4 Å². The van der Waals surface area contributed by atoms with Gasteiger partial charge < -0.3 is 15.4 Å². The molecule has 0 aliphatic carbocycles. The van der Waals surface area contributed by atoms with E-state index in [0.717, 1.165) is 38.1 Å². The van der Waals surface area contributed by atoms with Gasteiger partial charge in [0.2, 0.25) is 0 Å². The molecule has 0 atom stereocenters. The number of nitrogens with one attached hydrogen (secondary N) is 2. The molecule has 1 saturated heterocycles. The molecule has 2 N–H and O–H groups in total. The van der Waals surface area contributed by atoms with E-state index in [1.165, 1.54) is 6.07 Å². The van der Waals surface area contributed by atoms with Crippen LogP contribution in [-0.4, -0.2) is 25.1 Å². The minimum Gasteiger partial charge on any atom is -0.490 e. The third kappa shape index (κ3) is 5.56. The maximum absolute atomic E-state index is 13.6. The summed E-state index contributed by atoms with van der Waals surface area (Å²) < 4.78 is 33.1. The van der Waals surface area contributed by atoms with Gasteiger partial charge in [0.05, 0.1) is 0 Å². The second kappa shape index (κ2) is 10.3. The number of piperidine rings is 1. The zero-order valence-corrected chi connectivity index (χ0v) is 15.5. The Bertz CT molecular complexity index is 703. The number of benzene rings is 2. The third-order valence-corrected chi connectivity index (χ3v) is 3.89. The number of amides is 1. The number of hydrogen-bond acceptors (Lipinski definition) is 3. The van der Waals surface area contributed by atoms with Crippen molar-refractivity contribution in [3.63, 3.8) is 0 Å². The van der Waals surface area contributed by atoms with Gasteiger partial charge in [0.1, 0.15) is 29.1 Å². The summed E-state index contributed by atoms with van der Waals surface area (Å²) >= 11 is 0. The van der Waals surface area contributed by atoms with Crippen molar-refractivity contribution in [3.05, 3.63) is 59.7 Å². The largest absolute Gasteiger partial charge is 0.490 e. The summed E-state index contributed by atoms with van der Waals surface area (Å²) in [5.74, 6) is -1.90. The van der Waals surface area contributed by atoms with Crippen LogP contribution in [0.2, 0.25) is 0 Å². The van der Waals surface area contributed by atoms with Crippen molar-refractivity contribution >= 4 is 36.4 Å². The Kier molecular flexibility index (Phi) is 8.78. The van der Waals surface area contributed by atoms with Crippen molar-refractivity contribution in [2.45, 2.75) is 18.9 Å². The van der Waals surface area contributed by atoms with Crippen molar-refractivity contribution in [1.29, 1.82) is 0 Å². The predicted molar refractivity (Wildman–Crippen MR) is 102 cm³/mol. The number of anilines is 1. The van der Waals surface area contributed by atoms with Crippen molar-refractivity contribution in [2.75, 3.05) is 18.4 Å². The fourth-order valence-corrected chi connectivity index (χ4v) is 2.63. The molecule has 3 rings (SSSR count). The molecule has 0 aromatic heterocycles. The average Bonchev–Trinajstić information content (AvgIpc) is 2.57. The number of rotatable bonds is 4. The van der Waals surface area contributed by atoms with Gasteiger partial charge in [-0.25, -0.2) is 8.78 Å². The van der Waals surface area contributed by atoms with Gasteiger partial charge in [0.25, 0.3) is 5.91 Å². The predicted octanol–water partition coefficient (Wildman–Crippen LogP) is 4.19. The van der Waals surface area contributed by atoms with E-state index in [2.05, 4.69) is 10.6 Å². The maximum Gasteiger partial charge on any atom is 0.261 e. The van der Waals surface area contributed by atoms with Crippen LogP contribution in [0.15, 0.2) is 42.5 Å². The number of hydrogen-bond donors (Lipinski definition) is 2. The van der Waals surface area contributed by atoms with Crippen LogP contribution in [0, 0.1) is 11.6 Å². The van der Waals surface area contributed by atoms with E-state index in [1.54, 1.807) is 24.3 Å². The summed E-state index contributed by atoms with van der Waals surface area (Å²) in [4.78, 5) is 12.0. The Labute approximate surface area is 163 Å². The first-order valence-electron chi connectivity index (χ1n) is 7.86. The first-order valence-corrected chi connectivity index (χ1v) is 7.86. The molecule has 1 aliphatic heterocycles. The molecule has 0 bridgehead atoms. The number of halogens is 4. The molecule has 1 aliphatic rings. The number of carbonyl (C=O) groups is 1. The lowest BCUT2D eigenvalue weighted by Crippen LogP contribution is -2.34. The molecule has 0 radical (unpaired) electrons. The second-order valence-corrected chi connectivity index (χ2v) is 5.64. The first kappa shape index (κ1) is 22.2. The highest BCUT2D eigenvalue weighted by molar-refractivity contribution is 6.04. The first-order chi connectivity index (χ1) is 11.6. The molecule has 0 spiro atoms. The van der Waals surface area contributed by atoms with Crippen LogP contribution in [-0.2, 0) is 0 Å². The molecule has 2 aromatic rings. The highest BCUT2D eigenvalue weighted by Gasteiger charge is 2.17. The van der Waals surface area contributed by atoms with Crippen LogP contribution in [0.25, 0.3) is 0 Å². The van der Waals surface area contributed by atoms with Crippen LogP contribution >= 0.6 is 24.8 Å². The van der Waals surface area contributed by atoms with Gasteiger partial charge in [-0.1, -0.05) is 6.07 Å². The highest BCUT2D eigenvalue weighted by Crippen LogP contribution is 2.21. The van der Waals surface area contributed by atoms with Crippen molar-refractivity contribution < 1.29 is 18.3 Å². The van der Waals surface area contributed by atoms with Crippen LogP contribution in [0.4, 0.5) is 14.5 Å². The quantitative estimate of drug-likeness (QED) is 0.802. The Morgan fingerprint density at radius 3 is 2.15 bits per heavy atom. The lowest BCUT2D eigenvalue weighted by Gasteiger charge is -2.23. The fourth-order valence-electron chi connectivity index (χ4n) is 2.63. The van der Waals surface area contributed by atoms with Gasteiger partial charge in [-0.2, -0.15) is 0 Å². The molecular weight excluding hydrogens is 385 g/mol. The van der Waals surface area contributed by atoms with Crippen molar-refractivity contribution in [3.8, 4) is 5.75 Å². The summed E-state index contributed by atoms with van der Waals surface area (Å²) in [7, 11) is 0. The van der Waals surface area contributed by atoms with Gasteiger partial charge in [-0.3, -0.25) is 4.79 Å². The summed E-state index contributed by atoms with van der Waals surface area (Å²) in [6, 6.07) is 10.1. The van der Waals surface area contributed by atoms with E-state index in [1.807, 2.05) is 0 Å². The third-order valence-electron chi connectivity index (χ3n) is 3.89. The van der Waals surface area contributed by atoms with Gasteiger partial charge in [-0.05, 0) is 62.3 Å². The Morgan fingerprint density at radius 2 is 1.58 bits per heavy atom. The van der Waals surface area contributed by atoms with Crippen LogP contribution in [0.3, 0.4) is 0 Å². The van der Waals surface area contributed by atoms with E-state index in [9.17, 15) is 13.6 Å². The van der Waals surface area contributed by atoms with Crippen LogP contribution in [0.1, 0.15) is 23.2 Å². The van der Waals surface area contributed by atoms with E-state index in [0.29, 0.717) is 11.4 Å². The lowest BCUT2D eigenvalue weighted by atomic mass is 10.1. The van der Waals surface area contributed by atoms with E-state index in [-0.39, 0.29) is 30.9 Å². The van der Waals surface area contributed by atoms with Gasteiger partial charge in [-0.15, -0.1) is 24.8 Å². The van der Waals surface area contributed by atoms with E-state index in [4.69, 9.17) is 4.74 Å². The topological polar surface area (TPSA) is 50.4 Å². The molecule has 0 saturated carbocycles. The second-order valence-electron chi connectivity index (χ2n) is 5.64. The smallest absolute Gasteiger partial charge is 0.261 e. The average molecular weight is 405 g/mol. The number of carbonyl (C=O) groups excluding carboxylic acids is 1. The van der Waals surface area contributed by atoms with Gasteiger partial charge in [0, 0.05) is 5.69 Å². The molecular formula is C18H20Cl2F2N2O2. The van der Waals surface area contributed by atoms with E-state index < -0.39 is 23.1 Å². The normalized spacial score (nSPS) is 13.9. The molecule has 26 heavy (non-hydrogen) atoms. The number of ether oxygens (including phenoxy) is 1. The summed E-state index contributed by atoms with van der Waals surface area (Å²) in [5, 5.41) is 5.75. The minimum atomic E-state index is -0.890. The Balaban J connectivity index is 0.00000169. The van der Waals surface area contributed by atoms with Crippen LogP contribution in [0.5, 0.6) is 5.75 Å². The fraction of sp³-hybridized carbons (Fsp3) is 0.278. The molecule has 1 amide bonds. The summed E-state index contributed by atoms with van der Waals surface area (Å²) in [6.45, 7) is 1.88. The highest BCUT2D eigenvalue weighted by atomic mass is 35.5. The summed E-state index contributed by atoms with van der Waals surface area (Å²) in [6.07, 6.45) is 2.08. The molecule has 8 heteroatoms. The van der Waals surface area contributed by atoms with Crippen molar-refractivity contribution in [2.24, 2.45) is 0 Å². The molecule has 4 nitrogen and oxygen atoms in total. The standard InChI is InChI=1S/C18H18F2N2O2.2ClH/c19-15-2-1-3-16(20)17(15)18(23)22-12-4-6-13(7-5-12)24-14-8-10-21-11-9-14;;/h1-7,14,21H,8-11H2,(H,22,23);2*1H. The molecule has 1 heterocycles. The van der Waals surface area contributed by atoms with Gasteiger partial charge in [0.15, 0.2) is 0 Å². The van der Waals surface area contributed by atoms with E-state index >= 15 is 0 Å². The van der Waals surface area contributed by atoms with Crippen molar-refractivity contribution in [1.82, 2.24) is 5.32 Å². The molecule has 1 fully saturated rings. The Morgan fingerprint density at radius 1 is 1.00 bits per heavy atom. The molecule has 0 unspecified atom stereocenters.